The third kappa shape index (κ3) is 4.91. The van der Waals surface area contributed by atoms with Crippen molar-refractivity contribution >= 4 is 43.3 Å². The lowest BCUT2D eigenvalue weighted by atomic mass is 9.67. The largest absolute Gasteiger partial charge is 0.228 e. The smallest absolute Gasteiger partial charge is 0.160 e. The van der Waals surface area contributed by atoms with Crippen molar-refractivity contribution in [2.45, 2.75) is 15.2 Å². The van der Waals surface area contributed by atoms with E-state index < -0.39 is 5.41 Å². The predicted molar refractivity (Wildman–Crippen MR) is 238 cm³/mol. The van der Waals surface area contributed by atoms with E-state index in [4.69, 9.17) is 9.97 Å². The normalized spacial score (nSPS) is 13.3. The number of aromatic nitrogens is 2. The van der Waals surface area contributed by atoms with Gasteiger partial charge in [-0.25, -0.2) is 9.97 Å². The highest BCUT2D eigenvalue weighted by Gasteiger charge is 2.51. The molecule has 1 aliphatic heterocycles. The Morgan fingerprint density at radius 3 is 1.70 bits per heavy atom. The van der Waals surface area contributed by atoms with E-state index in [1.807, 2.05) is 29.2 Å². The minimum atomic E-state index is -0.512. The summed E-state index contributed by atoms with van der Waals surface area (Å²) in [6.07, 6.45) is 0. The van der Waals surface area contributed by atoms with Crippen LogP contribution in [0.3, 0.4) is 0 Å². The third-order valence-corrected chi connectivity index (χ3v) is 14.1. The summed E-state index contributed by atoms with van der Waals surface area (Å²) >= 11 is 3.77. The standard InChI is InChI=1S/C53H32N2S2/c1-3-13-33(14-4-1)34-23-25-35(26-24-34)44-32-45(55-52(54-44)36-15-5-2-6-16-36)37-27-28-38-43(31-37)53(40-18-8-11-21-47(40)57-48-22-12-9-19-41(48)53)42-29-30-49-51(50(38)42)39-17-7-10-20-46(39)56-49/h1-32H. The van der Waals surface area contributed by atoms with E-state index in [1.165, 1.54) is 74.5 Å². The Balaban J connectivity index is 1.13. The fourth-order valence-corrected chi connectivity index (χ4v) is 11.6. The maximum atomic E-state index is 5.33. The Labute approximate surface area is 339 Å². The van der Waals surface area contributed by atoms with Crippen molar-refractivity contribution in [1.82, 2.24) is 9.97 Å². The van der Waals surface area contributed by atoms with Crippen LogP contribution in [0.1, 0.15) is 22.3 Å². The Morgan fingerprint density at radius 1 is 0.386 bits per heavy atom. The number of benzene rings is 8. The average molecular weight is 761 g/mol. The van der Waals surface area contributed by atoms with Crippen LogP contribution >= 0.6 is 23.1 Å². The highest BCUT2D eigenvalue weighted by Crippen LogP contribution is 2.64. The summed E-state index contributed by atoms with van der Waals surface area (Å²) in [4.78, 5) is 13.1. The highest BCUT2D eigenvalue weighted by atomic mass is 32.2. The zero-order valence-electron chi connectivity index (χ0n) is 30.7. The molecule has 1 aliphatic carbocycles. The molecule has 0 saturated carbocycles. The molecule has 0 unspecified atom stereocenters. The van der Waals surface area contributed by atoms with Gasteiger partial charge in [0.25, 0.3) is 0 Å². The minimum absolute atomic E-state index is 0.512. The van der Waals surface area contributed by atoms with Gasteiger partial charge in [-0.2, -0.15) is 0 Å². The summed E-state index contributed by atoms with van der Waals surface area (Å²) in [5, 5.41) is 2.67. The Hall–Kier alpha value is -6.59. The van der Waals surface area contributed by atoms with E-state index in [1.54, 1.807) is 0 Å². The molecule has 3 heterocycles. The van der Waals surface area contributed by atoms with Crippen molar-refractivity contribution in [3.63, 3.8) is 0 Å². The molecule has 0 saturated heterocycles. The van der Waals surface area contributed by atoms with Crippen LogP contribution in [0.5, 0.6) is 0 Å². The zero-order chi connectivity index (χ0) is 37.5. The number of fused-ring (bicyclic) bond motifs is 13. The Bertz CT molecular complexity index is 3160. The lowest BCUT2D eigenvalue weighted by molar-refractivity contribution is 0.723. The molecule has 2 nitrogen and oxygen atoms in total. The molecule has 4 heteroatoms. The Morgan fingerprint density at radius 2 is 0.965 bits per heavy atom. The first kappa shape index (κ1) is 32.6. The number of rotatable bonds is 4. The molecule has 12 rings (SSSR count). The van der Waals surface area contributed by atoms with Crippen molar-refractivity contribution in [1.29, 1.82) is 0 Å². The van der Waals surface area contributed by atoms with Crippen molar-refractivity contribution in [3.8, 4) is 56.2 Å². The van der Waals surface area contributed by atoms with Gasteiger partial charge in [0.1, 0.15) is 0 Å². The van der Waals surface area contributed by atoms with Crippen LogP contribution in [-0.2, 0) is 5.41 Å². The van der Waals surface area contributed by atoms with E-state index in [-0.39, 0.29) is 0 Å². The van der Waals surface area contributed by atoms with Crippen molar-refractivity contribution in [3.05, 3.63) is 216 Å². The van der Waals surface area contributed by atoms with Crippen LogP contribution in [0.25, 0.3) is 76.3 Å². The molecule has 0 amide bonds. The van der Waals surface area contributed by atoms with Gasteiger partial charge in [-0.05, 0) is 80.9 Å². The molecule has 0 fully saturated rings. The molecule has 2 aromatic heterocycles. The van der Waals surface area contributed by atoms with Crippen LogP contribution in [0, 0.1) is 0 Å². The highest BCUT2D eigenvalue weighted by molar-refractivity contribution is 7.99. The molecule has 2 aliphatic rings. The molecule has 10 aromatic rings. The van der Waals surface area contributed by atoms with Crippen LogP contribution in [0.4, 0.5) is 0 Å². The van der Waals surface area contributed by atoms with Crippen molar-refractivity contribution in [2.24, 2.45) is 0 Å². The SMILES string of the molecule is c1ccc(-c2ccc(-c3cc(-c4ccc5c(c4)C4(c6ccccc6Sc6ccccc64)c4ccc6sc7ccccc7c6c4-5)nc(-c4ccccc4)n3)cc2)cc1. The maximum Gasteiger partial charge on any atom is 0.160 e. The van der Waals surface area contributed by atoms with Gasteiger partial charge in [0, 0.05) is 46.7 Å². The van der Waals surface area contributed by atoms with E-state index in [0.717, 1.165) is 28.1 Å². The van der Waals surface area contributed by atoms with Crippen LogP contribution in [0.2, 0.25) is 0 Å². The van der Waals surface area contributed by atoms with Gasteiger partial charge in [0.15, 0.2) is 5.82 Å². The van der Waals surface area contributed by atoms with Crippen molar-refractivity contribution < 1.29 is 0 Å². The summed E-state index contributed by atoms with van der Waals surface area (Å²) < 4.78 is 2.64. The third-order valence-electron chi connectivity index (χ3n) is 11.8. The first-order chi connectivity index (χ1) is 28.2. The fourth-order valence-electron chi connectivity index (χ4n) is 9.28. The monoisotopic (exact) mass is 760 g/mol. The van der Waals surface area contributed by atoms with Crippen LogP contribution < -0.4 is 0 Å². The quantitative estimate of drug-likeness (QED) is 0.179. The number of hydrogen-bond acceptors (Lipinski definition) is 4. The molecular weight excluding hydrogens is 729 g/mol. The van der Waals surface area contributed by atoms with Gasteiger partial charge in [-0.1, -0.05) is 169 Å². The average Bonchev–Trinajstić information content (AvgIpc) is 3.80. The van der Waals surface area contributed by atoms with E-state index in [9.17, 15) is 0 Å². The number of hydrogen-bond donors (Lipinski definition) is 0. The zero-order valence-corrected chi connectivity index (χ0v) is 32.3. The van der Waals surface area contributed by atoms with Gasteiger partial charge >= 0.3 is 0 Å². The van der Waals surface area contributed by atoms with E-state index in [0.29, 0.717) is 5.82 Å². The molecule has 0 radical (unpaired) electrons. The molecule has 266 valence electrons. The topological polar surface area (TPSA) is 25.8 Å². The lowest BCUT2D eigenvalue weighted by Crippen LogP contribution is -2.32. The lowest BCUT2D eigenvalue weighted by Gasteiger charge is -2.39. The van der Waals surface area contributed by atoms with Crippen LogP contribution in [-0.4, -0.2) is 9.97 Å². The molecule has 0 atom stereocenters. The predicted octanol–water partition coefficient (Wildman–Crippen LogP) is 14.3. The van der Waals surface area contributed by atoms with Gasteiger partial charge in [-0.3, -0.25) is 0 Å². The summed E-state index contributed by atoms with van der Waals surface area (Å²) in [6.45, 7) is 0. The van der Waals surface area contributed by atoms with Crippen LogP contribution in [0.15, 0.2) is 204 Å². The maximum absolute atomic E-state index is 5.33. The van der Waals surface area contributed by atoms with Gasteiger partial charge in [-0.15, -0.1) is 11.3 Å². The minimum Gasteiger partial charge on any atom is -0.228 e. The molecule has 0 N–H and O–H groups in total. The molecular formula is C53H32N2S2. The summed E-state index contributed by atoms with van der Waals surface area (Å²) in [5.41, 5.74) is 14.7. The van der Waals surface area contributed by atoms with E-state index >= 15 is 0 Å². The molecule has 8 aromatic carbocycles. The summed E-state index contributed by atoms with van der Waals surface area (Å²) in [5.74, 6) is 0.713. The van der Waals surface area contributed by atoms with Crippen molar-refractivity contribution in [2.75, 3.05) is 0 Å². The second kappa shape index (κ2) is 12.7. The first-order valence-corrected chi connectivity index (χ1v) is 20.9. The fraction of sp³-hybridized carbons (Fsp3) is 0.0189. The Kier molecular flexibility index (Phi) is 7.28. The van der Waals surface area contributed by atoms with E-state index in [2.05, 4.69) is 188 Å². The molecule has 1 spiro atoms. The molecule has 0 bridgehead atoms. The number of nitrogens with zero attached hydrogens (tertiary/aromatic N) is 2. The number of thiophene rings is 1. The second-order valence-electron chi connectivity index (χ2n) is 14.8. The van der Waals surface area contributed by atoms with Gasteiger partial charge in [0.05, 0.1) is 16.8 Å². The van der Waals surface area contributed by atoms with Gasteiger partial charge in [0.2, 0.25) is 0 Å². The summed E-state index contributed by atoms with van der Waals surface area (Å²) in [6, 6.07) is 70.6. The molecule has 57 heavy (non-hydrogen) atoms. The first-order valence-electron chi connectivity index (χ1n) is 19.3. The second-order valence-corrected chi connectivity index (χ2v) is 17.0. The van der Waals surface area contributed by atoms with Gasteiger partial charge < -0.3 is 0 Å². The summed E-state index contributed by atoms with van der Waals surface area (Å²) in [7, 11) is 0.